The summed E-state index contributed by atoms with van der Waals surface area (Å²) in [5.74, 6) is 3.72. The molecule has 0 bridgehead atoms. The van der Waals surface area contributed by atoms with Crippen molar-refractivity contribution < 1.29 is 23.9 Å². The Bertz CT molecular complexity index is 1380. The summed E-state index contributed by atoms with van der Waals surface area (Å²) in [6.45, 7) is 46.3. The van der Waals surface area contributed by atoms with Crippen molar-refractivity contribution >= 4 is 23.3 Å². The van der Waals surface area contributed by atoms with Crippen molar-refractivity contribution in [1.29, 1.82) is 0 Å². The number of carbonyl (C=O) groups is 4. The Labute approximate surface area is 432 Å². The quantitative estimate of drug-likeness (QED) is 0.207. The zero-order valence-corrected chi connectivity index (χ0v) is 48.8. The van der Waals surface area contributed by atoms with Crippen molar-refractivity contribution in [1.82, 2.24) is 39.6 Å². The minimum atomic E-state index is 0.111. The molecule has 13 heteroatoms. The number of amides is 1. The maximum atomic E-state index is 11.7. The third-order valence-corrected chi connectivity index (χ3v) is 14.9. The number of carbonyl (C=O) groups excluding carboxylic acids is 4. The predicted octanol–water partition coefficient (Wildman–Crippen LogP) is 7.66. The van der Waals surface area contributed by atoms with E-state index in [0.717, 1.165) is 117 Å². The number of piperazine rings is 1. The van der Waals surface area contributed by atoms with Crippen LogP contribution in [-0.4, -0.2) is 215 Å². The minimum Gasteiger partial charge on any atom is -0.379 e. The number of nitrogens with one attached hydrogen (secondary N) is 1. The molecule has 0 spiro atoms. The van der Waals surface area contributed by atoms with Gasteiger partial charge in [-0.15, -0.1) is 0 Å². The Kier molecular flexibility index (Phi) is 35.0. The molecule has 1 amide bonds. The average molecular weight is 992 g/mol. The number of Topliss-reactive ketones (excluding diaryl/α,β-unsaturated/α-hetero) is 3. The van der Waals surface area contributed by atoms with E-state index in [1.165, 1.54) is 58.5 Å². The second kappa shape index (κ2) is 37.0. The Morgan fingerprint density at radius 1 is 0.500 bits per heavy atom. The van der Waals surface area contributed by atoms with E-state index in [4.69, 9.17) is 4.74 Å². The van der Waals surface area contributed by atoms with Gasteiger partial charge in [0.25, 0.3) is 0 Å². The van der Waals surface area contributed by atoms with Crippen molar-refractivity contribution in [2.75, 3.05) is 140 Å². The van der Waals surface area contributed by atoms with E-state index < -0.39 is 0 Å². The van der Waals surface area contributed by atoms with Gasteiger partial charge in [0.1, 0.15) is 11.6 Å². The number of likely N-dealkylation sites (N-methyl/N-ethyl adjacent to an activating group) is 2. The first kappa shape index (κ1) is 66.2. The van der Waals surface area contributed by atoms with Gasteiger partial charge in [-0.25, -0.2) is 0 Å². The first-order valence-corrected chi connectivity index (χ1v) is 28.4. The van der Waals surface area contributed by atoms with Gasteiger partial charge in [0, 0.05) is 99.9 Å². The van der Waals surface area contributed by atoms with Gasteiger partial charge in [-0.05, 0) is 145 Å². The highest BCUT2D eigenvalue weighted by molar-refractivity contribution is 5.85. The summed E-state index contributed by atoms with van der Waals surface area (Å²) < 4.78 is 5.21. The first-order valence-electron chi connectivity index (χ1n) is 28.4. The number of hydrogen-bond acceptors (Lipinski definition) is 12. The Morgan fingerprint density at radius 2 is 1.00 bits per heavy atom. The molecule has 412 valence electrons. The third-order valence-electron chi connectivity index (χ3n) is 14.9. The molecule has 6 heterocycles. The number of ketones is 3. The number of morpholine rings is 1. The molecule has 0 aliphatic carbocycles. The van der Waals surface area contributed by atoms with E-state index in [1.807, 2.05) is 55.4 Å². The van der Waals surface area contributed by atoms with E-state index in [1.54, 1.807) is 0 Å². The largest absolute Gasteiger partial charge is 0.379 e. The SMILES string of the molecule is CC(C)C(=O)C1CCCCN1C.CC(C)C(=O)C1CCCN(C)C1.CC(C)C(=O)C1CCN(C)CC1.CC(C)C(=O)NC1CCN(C)CC1.CC(C)N1CCOCC1.CCN1CCN(CC(C)C)CC1. The molecule has 6 rings (SSSR count). The summed E-state index contributed by atoms with van der Waals surface area (Å²) in [5, 5.41) is 3.07. The molecule has 13 nitrogen and oxygen atoms in total. The van der Waals surface area contributed by atoms with Gasteiger partial charge in [-0.1, -0.05) is 82.6 Å². The average Bonchev–Trinajstić information content (AvgIpc) is 3.33. The second-order valence-electron chi connectivity index (χ2n) is 23.5. The molecule has 6 aliphatic heterocycles. The lowest BCUT2D eigenvalue weighted by Gasteiger charge is -2.34. The molecule has 2 unspecified atom stereocenters. The molecule has 0 aromatic heterocycles. The van der Waals surface area contributed by atoms with Crippen molar-refractivity contribution in [3.63, 3.8) is 0 Å². The number of likely N-dealkylation sites (tertiary alicyclic amines) is 4. The Hall–Kier alpha value is -1.84. The molecule has 1 N–H and O–H groups in total. The number of ether oxygens (including phenoxy) is 1. The lowest BCUT2D eigenvalue weighted by molar-refractivity contribution is -0.128. The minimum absolute atomic E-state index is 0.111. The molecule has 6 fully saturated rings. The van der Waals surface area contributed by atoms with Crippen molar-refractivity contribution in [2.45, 2.75) is 166 Å². The molecule has 0 radical (unpaired) electrons. The summed E-state index contributed by atoms with van der Waals surface area (Å²) in [6.07, 6.45) is 10.1. The number of hydrogen-bond donors (Lipinski definition) is 1. The standard InChI is InChI=1S/C10H20N2O.C10H22N2.3C10H19NO.C7H15NO/c1-8(2)10(13)11-9-4-6-12(3)7-5-9;1-4-11-5-7-12(8-6-11)9-10(2)3;1-8(2)10(12)9-4-6-11(3)7-5-9;1-8(2)10(12)9-5-4-6-11(3)7-9;1-8(2)10(12)9-6-4-5-7-11(9)3;1-7(2)8-3-5-9-6-4-8/h8-9H,4-7H2,1-3H3,(H,11,13);10H,4-9H2,1-3H3;3*8-9H,4-7H2,1-3H3;7H,3-6H2,1-2H3. The smallest absolute Gasteiger partial charge is 0.222 e. The van der Waals surface area contributed by atoms with Crippen LogP contribution in [0.2, 0.25) is 0 Å². The second-order valence-corrected chi connectivity index (χ2v) is 23.5. The Balaban J connectivity index is 0.000000421. The number of rotatable bonds is 12. The monoisotopic (exact) mass is 991 g/mol. The molecular weight excluding hydrogens is 877 g/mol. The fourth-order valence-electron chi connectivity index (χ4n) is 9.87. The molecule has 6 aliphatic rings. The van der Waals surface area contributed by atoms with Crippen LogP contribution in [0.15, 0.2) is 0 Å². The topological polar surface area (TPSA) is 112 Å². The highest BCUT2D eigenvalue weighted by Gasteiger charge is 2.28. The van der Waals surface area contributed by atoms with Crippen molar-refractivity contribution in [3.8, 4) is 0 Å². The molecule has 0 saturated carbocycles. The fraction of sp³-hybridized carbons (Fsp3) is 0.930. The van der Waals surface area contributed by atoms with E-state index in [0.29, 0.717) is 41.3 Å². The van der Waals surface area contributed by atoms with Crippen LogP contribution >= 0.6 is 0 Å². The van der Waals surface area contributed by atoms with Crippen LogP contribution in [0, 0.1) is 41.4 Å². The van der Waals surface area contributed by atoms with Crippen molar-refractivity contribution in [2.24, 2.45) is 41.4 Å². The summed E-state index contributed by atoms with van der Waals surface area (Å²) in [7, 11) is 8.40. The summed E-state index contributed by atoms with van der Waals surface area (Å²) in [6, 6.07) is 1.30. The van der Waals surface area contributed by atoms with Gasteiger partial charge in [-0.2, -0.15) is 0 Å². The van der Waals surface area contributed by atoms with E-state index >= 15 is 0 Å². The van der Waals surface area contributed by atoms with Crippen LogP contribution in [-0.2, 0) is 23.9 Å². The first-order chi connectivity index (χ1) is 33.0. The summed E-state index contributed by atoms with van der Waals surface area (Å²) >= 11 is 0. The van der Waals surface area contributed by atoms with Gasteiger partial charge in [0.15, 0.2) is 5.78 Å². The van der Waals surface area contributed by atoms with Gasteiger partial charge < -0.3 is 34.6 Å². The Morgan fingerprint density at radius 3 is 1.43 bits per heavy atom. The summed E-state index contributed by atoms with van der Waals surface area (Å²) in [5.41, 5.74) is 0. The predicted molar refractivity (Wildman–Crippen MR) is 295 cm³/mol. The van der Waals surface area contributed by atoms with Crippen molar-refractivity contribution in [3.05, 3.63) is 0 Å². The third kappa shape index (κ3) is 28.6. The zero-order valence-electron chi connectivity index (χ0n) is 48.8. The van der Waals surface area contributed by atoms with Gasteiger partial charge in [-0.3, -0.25) is 29.0 Å². The van der Waals surface area contributed by atoms with E-state index in [2.05, 4.69) is 102 Å². The van der Waals surface area contributed by atoms with Crippen LogP contribution in [0.4, 0.5) is 0 Å². The molecule has 2 atom stereocenters. The fourth-order valence-corrected chi connectivity index (χ4v) is 9.87. The van der Waals surface area contributed by atoms with Gasteiger partial charge in [0.05, 0.1) is 19.3 Å². The van der Waals surface area contributed by atoms with Crippen LogP contribution in [0.25, 0.3) is 0 Å². The molecule has 0 aromatic carbocycles. The molecular formula is C57H114N8O5. The molecule has 70 heavy (non-hydrogen) atoms. The lowest BCUT2D eigenvalue weighted by Crippen LogP contribution is -2.47. The normalized spacial score (nSPS) is 23.2. The maximum absolute atomic E-state index is 11.7. The summed E-state index contributed by atoms with van der Waals surface area (Å²) in [4.78, 5) is 62.8. The number of nitrogens with zero attached hydrogens (tertiary/aromatic N) is 7. The van der Waals surface area contributed by atoms with E-state index in [-0.39, 0.29) is 35.6 Å². The maximum Gasteiger partial charge on any atom is 0.222 e. The van der Waals surface area contributed by atoms with Crippen LogP contribution in [0.1, 0.15) is 148 Å². The number of piperidine rings is 4. The van der Waals surface area contributed by atoms with Crippen LogP contribution < -0.4 is 5.32 Å². The lowest BCUT2D eigenvalue weighted by atomic mass is 9.87. The molecule has 6 saturated heterocycles. The molecule has 0 aromatic rings. The zero-order chi connectivity index (χ0) is 52.9. The van der Waals surface area contributed by atoms with Gasteiger partial charge >= 0.3 is 0 Å². The van der Waals surface area contributed by atoms with E-state index in [9.17, 15) is 19.2 Å². The van der Waals surface area contributed by atoms with Crippen LogP contribution in [0.5, 0.6) is 0 Å². The highest BCUT2D eigenvalue weighted by atomic mass is 16.5. The highest BCUT2D eigenvalue weighted by Crippen LogP contribution is 2.21. The van der Waals surface area contributed by atoms with Gasteiger partial charge in [0.2, 0.25) is 5.91 Å². The van der Waals surface area contributed by atoms with Crippen LogP contribution in [0.3, 0.4) is 0 Å².